The molecule has 8 heteroatoms. The van der Waals surface area contributed by atoms with Crippen LogP contribution in [0, 0.1) is 0 Å². The van der Waals surface area contributed by atoms with E-state index in [1.54, 1.807) is 30.5 Å². The second-order valence-corrected chi connectivity index (χ2v) is 10.3. The lowest BCUT2D eigenvalue weighted by Crippen LogP contribution is -2.39. The van der Waals surface area contributed by atoms with Crippen LogP contribution in [0.25, 0.3) is 10.9 Å². The van der Waals surface area contributed by atoms with Gasteiger partial charge >= 0.3 is 0 Å². The number of sulfonamides is 1. The Labute approximate surface area is 193 Å². The summed E-state index contributed by atoms with van der Waals surface area (Å²) >= 11 is 0. The quantitative estimate of drug-likeness (QED) is 0.573. The summed E-state index contributed by atoms with van der Waals surface area (Å²) in [6.45, 7) is 3.21. The summed E-state index contributed by atoms with van der Waals surface area (Å²) < 4.78 is 40.4. The molecule has 0 radical (unpaired) electrons. The molecule has 1 N–H and O–H groups in total. The Hall–Kier alpha value is -2.97. The van der Waals surface area contributed by atoms with Crippen LogP contribution in [-0.4, -0.2) is 38.6 Å². The first-order chi connectivity index (χ1) is 15.9. The molecule has 1 aliphatic heterocycles. The van der Waals surface area contributed by atoms with Gasteiger partial charge in [0.05, 0.1) is 29.0 Å². The fourth-order valence-corrected chi connectivity index (χ4v) is 5.66. The number of nitrogens with one attached hydrogen (secondary N) is 1. The number of rotatable bonds is 7. The minimum Gasteiger partial charge on any atom is -0.488 e. The number of carbonyl (C=O) groups is 1. The lowest BCUT2D eigenvalue weighted by Gasteiger charge is -2.22. The predicted molar refractivity (Wildman–Crippen MR) is 124 cm³/mol. The number of ether oxygens (including phenoxy) is 2. The third-order valence-electron chi connectivity index (χ3n) is 6.46. The molecule has 1 saturated carbocycles. The summed E-state index contributed by atoms with van der Waals surface area (Å²) in [5.74, 6) is 0.103. The topological polar surface area (TPSA) is 94.6 Å². The normalized spacial score (nSPS) is 19.4. The monoisotopic (exact) mass is 466 g/mol. The molecule has 172 valence electrons. The summed E-state index contributed by atoms with van der Waals surface area (Å²) in [7, 11) is -4.09. The van der Waals surface area contributed by atoms with E-state index < -0.39 is 21.3 Å². The van der Waals surface area contributed by atoms with Crippen molar-refractivity contribution in [3.63, 3.8) is 0 Å². The maximum Gasteiger partial charge on any atom is 0.264 e. The van der Waals surface area contributed by atoms with Crippen molar-refractivity contribution < 1.29 is 22.7 Å². The molecular weight excluding hydrogens is 440 g/mol. The van der Waals surface area contributed by atoms with E-state index in [4.69, 9.17) is 9.47 Å². The van der Waals surface area contributed by atoms with Crippen LogP contribution in [0.5, 0.6) is 5.75 Å². The van der Waals surface area contributed by atoms with Crippen LogP contribution in [0.15, 0.2) is 59.6 Å². The highest BCUT2D eigenvalue weighted by Gasteiger charge is 2.54. The number of pyridine rings is 1. The second-order valence-electron chi connectivity index (χ2n) is 8.63. The number of carbonyl (C=O) groups excluding carboxylic acids is 1. The molecule has 1 amide bonds. The Kier molecular flexibility index (Phi) is 5.58. The second kappa shape index (κ2) is 8.43. The van der Waals surface area contributed by atoms with E-state index in [0.717, 1.165) is 24.0 Å². The minimum atomic E-state index is -4.09. The van der Waals surface area contributed by atoms with Gasteiger partial charge in [0.2, 0.25) is 5.91 Å². The number of hydrogen-bond donors (Lipinski definition) is 1. The molecule has 0 spiro atoms. The SMILES string of the molecule is CCc1ccc(O[C@H]2CCOC2)c(C2(C(=O)NS(=O)(=O)c3cccc4ncccc34)CC2)c1. The van der Waals surface area contributed by atoms with Gasteiger partial charge in [-0.2, -0.15) is 0 Å². The molecule has 2 aliphatic rings. The number of aromatic nitrogens is 1. The van der Waals surface area contributed by atoms with Crippen molar-refractivity contribution in [2.24, 2.45) is 0 Å². The molecule has 2 aromatic carbocycles. The van der Waals surface area contributed by atoms with Gasteiger partial charge in [-0.3, -0.25) is 9.78 Å². The zero-order valence-electron chi connectivity index (χ0n) is 18.4. The van der Waals surface area contributed by atoms with Crippen molar-refractivity contribution in [2.75, 3.05) is 13.2 Å². The smallest absolute Gasteiger partial charge is 0.264 e. The van der Waals surface area contributed by atoms with E-state index in [1.807, 2.05) is 25.1 Å². The fourth-order valence-electron chi connectivity index (χ4n) is 4.39. The number of hydrogen-bond acceptors (Lipinski definition) is 6. The molecular formula is C25H26N2O5S. The standard InChI is InChI=1S/C25H26N2O5S/c1-2-17-8-9-22(32-18-10-14-31-16-18)20(15-17)25(11-12-25)24(28)27-33(29,30)23-7-3-6-21-19(23)5-4-13-26-21/h3-9,13,15,18H,2,10-12,14,16H2,1H3,(H,27,28)/t18-/m0/s1. The van der Waals surface area contributed by atoms with Gasteiger partial charge in [-0.05, 0) is 55.2 Å². The van der Waals surface area contributed by atoms with Crippen molar-refractivity contribution in [1.82, 2.24) is 9.71 Å². The number of nitrogens with zero attached hydrogens (tertiary/aromatic N) is 1. The zero-order valence-corrected chi connectivity index (χ0v) is 19.2. The predicted octanol–water partition coefficient (Wildman–Crippen LogP) is 3.50. The molecule has 1 saturated heterocycles. The molecule has 1 aliphatic carbocycles. The van der Waals surface area contributed by atoms with E-state index >= 15 is 0 Å². The molecule has 3 aromatic rings. The molecule has 5 rings (SSSR count). The maximum atomic E-state index is 13.5. The Balaban J connectivity index is 1.47. The zero-order chi connectivity index (χ0) is 23.1. The van der Waals surface area contributed by atoms with E-state index in [9.17, 15) is 13.2 Å². The van der Waals surface area contributed by atoms with Gasteiger partial charge in [-0.15, -0.1) is 0 Å². The van der Waals surface area contributed by atoms with Gasteiger partial charge in [-0.25, -0.2) is 13.1 Å². The number of fused-ring (bicyclic) bond motifs is 1. The van der Waals surface area contributed by atoms with E-state index in [0.29, 0.717) is 42.7 Å². The average molecular weight is 467 g/mol. The molecule has 1 atom stereocenters. The molecule has 2 fully saturated rings. The first-order valence-electron chi connectivity index (χ1n) is 11.2. The molecule has 7 nitrogen and oxygen atoms in total. The third kappa shape index (κ3) is 4.09. The lowest BCUT2D eigenvalue weighted by molar-refractivity contribution is -0.121. The summed E-state index contributed by atoms with van der Waals surface area (Å²) in [6, 6.07) is 14.1. The molecule has 1 aromatic heterocycles. The Bertz CT molecular complexity index is 1310. The summed E-state index contributed by atoms with van der Waals surface area (Å²) in [4.78, 5) is 17.7. The van der Waals surface area contributed by atoms with E-state index in [-0.39, 0.29) is 11.0 Å². The first kappa shape index (κ1) is 21.9. The van der Waals surface area contributed by atoms with Crippen LogP contribution in [0.3, 0.4) is 0 Å². The van der Waals surface area contributed by atoms with E-state index in [1.165, 1.54) is 6.07 Å². The number of aryl methyl sites for hydroxylation is 1. The van der Waals surface area contributed by atoms with Crippen LogP contribution in [0.2, 0.25) is 0 Å². The molecule has 2 heterocycles. The van der Waals surface area contributed by atoms with Gasteiger partial charge in [-0.1, -0.05) is 25.1 Å². The molecule has 0 bridgehead atoms. The van der Waals surface area contributed by atoms with Crippen molar-refractivity contribution in [1.29, 1.82) is 0 Å². The van der Waals surface area contributed by atoms with Gasteiger partial charge in [0.1, 0.15) is 11.9 Å². The van der Waals surface area contributed by atoms with Gasteiger partial charge in [0.25, 0.3) is 10.0 Å². The largest absolute Gasteiger partial charge is 0.488 e. The van der Waals surface area contributed by atoms with Crippen molar-refractivity contribution in [3.05, 3.63) is 65.9 Å². The van der Waals surface area contributed by atoms with Crippen LogP contribution >= 0.6 is 0 Å². The molecule has 0 unspecified atom stereocenters. The van der Waals surface area contributed by atoms with Crippen molar-refractivity contribution in [3.8, 4) is 5.75 Å². The van der Waals surface area contributed by atoms with Crippen LogP contribution < -0.4 is 9.46 Å². The number of amides is 1. The summed E-state index contributed by atoms with van der Waals surface area (Å²) in [5, 5.41) is 0.475. The van der Waals surface area contributed by atoms with Crippen molar-refractivity contribution >= 4 is 26.8 Å². The van der Waals surface area contributed by atoms with Crippen molar-refractivity contribution in [2.45, 2.75) is 49.0 Å². The van der Waals surface area contributed by atoms with Crippen LogP contribution in [0.1, 0.15) is 37.3 Å². The summed E-state index contributed by atoms with van der Waals surface area (Å²) in [5.41, 5.74) is 1.46. The number of benzene rings is 2. The Morgan fingerprint density at radius 3 is 2.79 bits per heavy atom. The lowest BCUT2D eigenvalue weighted by atomic mass is 9.92. The highest BCUT2D eigenvalue weighted by Crippen LogP contribution is 2.52. The van der Waals surface area contributed by atoms with Gasteiger partial charge in [0, 0.05) is 23.6 Å². The highest BCUT2D eigenvalue weighted by atomic mass is 32.2. The average Bonchev–Trinajstić information content (AvgIpc) is 3.48. The van der Waals surface area contributed by atoms with Crippen LogP contribution in [0.4, 0.5) is 0 Å². The summed E-state index contributed by atoms with van der Waals surface area (Å²) in [6.07, 6.45) is 4.26. The minimum absolute atomic E-state index is 0.0409. The van der Waals surface area contributed by atoms with Gasteiger partial charge < -0.3 is 9.47 Å². The maximum absolute atomic E-state index is 13.5. The highest BCUT2D eigenvalue weighted by molar-refractivity contribution is 7.90. The van der Waals surface area contributed by atoms with E-state index in [2.05, 4.69) is 9.71 Å². The van der Waals surface area contributed by atoms with Crippen LogP contribution in [-0.2, 0) is 31.4 Å². The Morgan fingerprint density at radius 1 is 1.21 bits per heavy atom. The Morgan fingerprint density at radius 2 is 2.06 bits per heavy atom. The molecule has 33 heavy (non-hydrogen) atoms. The van der Waals surface area contributed by atoms with Gasteiger partial charge in [0.15, 0.2) is 0 Å². The fraction of sp³-hybridized carbons (Fsp3) is 0.360. The third-order valence-corrected chi connectivity index (χ3v) is 7.85. The first-order valence-corrected chi connectivity index (χ1v) is 12.7.